The van der Waals surface area contributed by atoms with Gasteiger partial charge in [0.1, 0.15) is 11.9 Å². The topological polar surface area (TPSA) is 73.4 Å². The number of amides is 2. The Morgan fingerprint density at radius 2 is 1.91 bits per heavy atom. The average molecular weight is 486 g/mol. The number of amidine groups is 1. The fourth-order valence-electron chi connectivity index (χ4n) is 4.71. The second-order valence-electron chi connectivity index (χ2n) is 8.13. The molecular formula is C25H20BrN5O. The molecule has 2 amide bonds. The van der Waals surface area contributed by atoms with Gasteiger partial charge >= 0.3 is 6.03 Å². The second-order valence-corrected chi connectivity index (χ2v) is 9.04. The molecule has 1 saturated heterocycles. The number of hydrogen-bond donors (Lipinski definition) is 2. The van der Waals surface area contributed by atoms with E-state index >= 15 is 0 Å². The Labute approximate surface area is 193 Å². The molecule has 1 fully saturated rings. The zero-order valence-corrected chi connectivity index (χ0v) is 18.7. The number of rotatable bonds is 3. The molecule has 2 heterocycles. The first kappa shape index (κ1) is 19.3. The summed E-state index contributed by atoms with van der Waals surface area (Å²) in [7, 11) is 0. The highest BCUT2D eigenvalue weighted by atomic mass is 79.9. The summed E-state index contributed by atoms with van der Waals surface area (Å²) in [5.74, 6) is 0.682. The number of aliphatic imine (C=N–C) groups is 1. The number of anilines is 1. The predicted octanol–water partition coefficient (Wildman–Crippen LogP) is 5.68. The third-order valence-electron chi connectivity index (χ3n) is 6.24. The molecule has 3 aromatic carbocycles. The van der Waals surface area contributed by atoms with Crippen molar-refractivity contribution in [2.45, 2.75) is 24.9 Å². The molecule has 2 N–H and O–H groups in total. The van der Waals surface area contributed by atoms with Crippen LogP contribution in [0, 0.1) is 0 Å². The van der Waals surface area contributed by atoms with Crippen molar-refractivity contribution < 1.29 is 4.79 Å². The number of aryl methyl sites for hydroxylation is 1. The lowest BCUT2D eigenvalue weighted by Crippen LogP contribution is -2.29. The number of nitrogens with one attached hydrogen (secondary N) is 2. The molecule has 6 rings (SSSR count). The number of imidazole rings is 1. The molecule has 2 aliphatic rings. The molecule has 4 aromatic rings. The van der Waals surface area contributed by atoms with Gasteiger partial charge in [-0.3, -0.25) is 15.2 Å². The second kappa shape index (κ2) is 7.60. The smallest absolute Gasteiger partial charge is 0.328 e. The summed E-state index contributed by atoms with van der Waals surface area (Å²) in [6.07, 6.45) is 3.62. The molecule has 0 spiro atoms. The van der Waals surface area contributed by atoms with E-state index in [4.69, 9.17) is 4.99 Å². The van der Waals surface area contributed by atoms with Crippen molar-refractivity contribution in [3.8, 4) is 0 Å². The van der Waals surface area contributed by atoms with Gasteiger partial charge in [0.05, 0.1) is 23.4 Å². The van der Waals surface area contributed by atoms with Crippen LogP contribution in [0.25, 0.3) is 11.0 Å². The number of benzene rings is 3. The Balaban J connectivity index is 1.46. The minimum absolute atomic E-state index is 0.0493. The molecule has 32 heavy (non-hydrogen) atoms. The Bertz CT molecular complexity index is 1360. The van der Waals surface area contributed by atoms with Crippen LogP contribution in [0.3, 0.4) is 0 Å². The highest BCUT2D eigenvalue weighted by Gasteiger charge is 2.40. The van der Waals surface area contributed by atoms with Crippen molar-refractivity contribution in [2.75, 3.05) is 4.90 Å². The van der Waals surface area contributed by atoms with Gasteiger partial charge in [0.2, 0.25) is 0 Å². The van der Waals surface area contributed by atoms with Crippen molar-refractivity contribution >= 4 is 44.5 Å². The van der Waals surface area contributed by atoms with Crippen LogP contribution in [0.15, 0.2) is 82.5 Å². The molecular weight excluding hydrogens is 466 g/mol. The Morgan fingerprint density at radius 1 is 1.06 bits per heavy atom. The van der Waals surface area contributed by atoms with Gasteiger partial charge in [-0.1, -0.05) is 52.3 Å². The lowest BCUT2D eigenvalue weighted by atomic mass is 10.0. The van der Waals surface area contributed by atoms with Crippen LogP contribution in [0.2, 0.25) is 0 Å². The number of aromatic amines is 1. The van der Waals surface area contributed by atoms with E-state index in [0.29, 0.717) is 5.84 Å². The van der Waals surface area contributed by atoms with Crippen LogP contribution in [-0.2, 0) is 6.42 Å². The molecule has 0 bridgehead atoms. The van der Waals surface area contributed by atoms with Crippen molar-refractivity contribution in [2.24, 2.45) is 4.99 Å². The van der Waals surface area contributed by atoms with Crippen molar-refractivity contribution in [1.29, 1.82) is 0 Å². The standard InChI is InChI=1S/C25H20BrN5O/c26-17-8-5-16(6-9-17)23-24(29-20-11-7-15-3-1-2-4-19(15)20)30-25(32)31(23)18-10-12-21-22(13-18)28-14-27-21/h1-6,8-10,12-14,20,23H,7,11H2,(H,27,28)(H,29,30,32)/t20-,23?/m0/s1. The number of hydrogen-bond acceptors (Lipinski definition) is 3. The summed E-state index contributed by atoms with van der Waals surface area (Å²) in [6.45, 7) is 0. The Hall–Kier alpha value is -3.45. The minimum Gasteiger partial charge on any atom is -0.345 e. The third kappa shape index (κ3) is 3.20. The number of carbonyl (C=O) groups is 1. The third-order valence-corrected chi connectivity index (χ3v) is 6.76. The lowest BCUT2D eigenvalue weighted by Gasteiger charge is -2.24. The van der Waals surface area contributed by atoms with Gasteiger partial charge in [-0.15, -0.1) is 0 Å². The lowest BCUT2D eigenvalue weighted by molar-refractivity contribution is 0.252. The number of fused-ring (bicyclic) bond motifs is 2. The van der Waals surface area contributed by atoms with Gasteiger partial charge in [0, 0.05) is 10.2 Å². The normalized spacial score (nSPS) is 21.3. The maximum Gasteiger partial charge on any atom is 0.328 e. The summed E-state index contributed by atoms with van der Waals surface area (Å²) in [5.41, 5.74) is 6.13. The van der Waals surface area contributed by atoms with Crippen LogP contribution in [0.5, 0.6) is 0 Å². The molecule has 158 valence electrons. The highest BCUT2D eigenvalue weighted by molar-refractivity contribution is 9.10. The first-order chi connectivity index (χ1) is 15.7. The monoisotopic (exact) mass is 485 g/mol. The Morgan fingerprint density at radius 3 is 2.78 bits per heavy atom. The zero-order chi connectivity index (χ0) is 21.7. The van der Waals surface area contributed by atoms with Crippen LogP contribution >= 0.6 is 15.9 Å². The summed E-state index contributed by atoms with van der Waals surface area (Å²) in [4.78, 5) is 27.6. The molecule has 0 radical (unpaired) electrons. The van der Waals surface area contributed by atoms with Crippen molar-refractivity contribution in [3.63, 3.8) is 0 Å². The number of carbonyl (C=O) groups excluding carboxylic acids is 1. The molecule has 6 nitrogen and oxygen atoms in total. The quantitative estimate of drug-likeness (QED) is 0.391. The molecule has 1 aromatic heterocycles. The minimum atomic E-state index is -0.334. The number of urea groups is 1. The number of H-pyrrole nitrogens is 1. The fraction of sp³-hybridized carbons (Fsp3) is 0.160. The molecule has 7 heteroatoms. The maximum atomic E-state index is 13.2. The summed E-state index contributed by atoms with van der Waals surface area (Å²) in [6, 6.07) is 21.9. The van der Waals surface area contributed by atoms with E-state index in [1.807, 2.05) is 42.5 Å². The van der Waals surface area contributed by atoms with E-state index in [2.05, 4.69) is 55.5 Å². The zero-order valence-electron chi connectivity index (χ0n) is 17.1. The van der Waals surface area contributed by atoms with Crippen molar-refractivity contribution in [1.82, 2.24) is 15.3 Å². The summed E-state index contributed by atoms with van der Waals surface area (Å²) < 4.78 is 0.992. The van der Waals surface area contributed by atoms with E-state index in [-0.39, 0.29) is 18.1 Å². The van der Waals surface area contributed by atoms with E-state index in [0.717, 1.165) is 39.6 Å². The first-order valence-corrected chi connectivity index (χ1v) is 11.4. The van der Waals surface area contributed by atoms with Crippen LogP contribution in [0.1, 0.15) is 35.2 Å². The highest BCUT2D eigenvalue weighted by Crippen LogP contribution is 2.38. The van der Waals surface area contributed by atoms with Crippen LogP contribution in [-0.4, -0.2) is 21.8 Å². The predicted molar refractivity (Wildman–Crippen MR) is 129 cm³/mol. The molecule has 0 saturated carbocycles. The summed E-state index contributed by atoms with van der Waals surface area (Å²) in [5, 5.41) is 3.06. The van der Waals surface area contributed by atoms with Gasteiger partial charge in [0.25, 0.3) is 0 Å². The van der Waals surface area contributed by atoms with Crippen LogP contribution in [0.4, 0.5) is 10.5 Å². The van der Waals surface area contributed by atoms with E-state index < -0.39 is 0 Å². The van der Waals surface area contributed by atoms with E-state index in [1.165, 1.54) is 11.1 Å². The largest absolute Gasteiger partial charge is 0.345 e. The molecule has 1 aliphatic heterocycles. The number of halogens is 1. The fourth-order valence-corrected chi connectivity index (χ4v) is 4.97. The SMILES string of the molecule is O=C1N/C(=N/[C@H]2CCc3ccccc32)C(c2ccc(Br)cc2)N1c1ccc2[nH]cnc2c1. The van der Waals surface area contributed by atoms with Gasteiger partial charge in [-0.25, -0.2) is 9.78 Å². The van der Waals surface area contributed by atoms with E-state index in [9.17, 15) is 4.79 Å². The van der Waals surface area contributed by atoms with Crippen LogP contribution < -0.4 is 10.2 Å². The van der Waals surface area contributed by atoms with E-state index in [1.54, 1.807) is 11.2 Å². The molecule has 2 atom stereocenters. The number of nitrogens with zero attached hydrogens (tertiary/aromatic N) is 3. The number of aromatic nitrogens is 2. The Kier molecular flexibility index (Phi) is 4.57. The van der Waals surface area contributed by atoms with Gasteiger partial charge in [-0.05, 0) is 59.9 Å². The van der Waals surface area contributed by atoms with Crippen molar-refractivity contribution in [3.05, 3.63) is 94.2 Å². The average Bonchev–Trinajstić information content (AvgIpc) is 3.51. The molecule has 1 unspecified atom stereocenters. The maximum absolute atomic E-state index is 13.2. The van der Waals surface area contributed by atoms with Gasteiger partial charge in [-0.2, -0.15) is 0 Å². The molecule has 1 aliphatic carbocycles. The summed E-state index contributed by atoms with van der Waals surface area (Å²) >= 11 is 3.51. The van der Waals surface area contributed by atoms with Gasteiger partial charge < -0.3 is 4.98 Å². The first-order valence-electron chi connectivity index (χ1n) is 10.6. The van der Waals surface area contributed by atoms with Gasteiger partial charge in [0.15, 0.2) is 0 Å².